The maximum absolute atomic E-state index is 13.4. The monoisotopic (exact) mass is 422 g/mol. The van der Waals surface area contributed by atoms with Crippen LogP contribution in [-0.4, -0.2) is 51.8 Å². The third-order valence-corrected chi connectivity index (χ3v) is 6.64. The number of hydrazine groups is 1. The summed E-state index contributed by atoms with van der Waals surface area (Å²) < 4.78 is 11.3. The molecule has 31 heavy (non-hydrogen) atoms. The van der Waals surface area contributed by atoms with Gasteiger partial charge in [-0.3, -0.25) is 15.6 Å². The Hall–Kier alpha value is -2.77. The van der Waals surface area contributed by atoms with Gasteiger partial charge in [0, 0.05) is 55.1 Å². The van der Waals surface area contributed by atoms with Crippen molar-refractivity contribution in [3.8, 4) is 11.5 Å². The molecule has 3 aliphatic heterocycles. The van der Waals surface area contributed by atoms with Crippen molar-refractivity contribution in [2.45, 2.75) is 31.7 Å². The van der Waals surface area contributed by atoms with Crippen molar-refractivity contribution in [2.75, 3.05) is 49.7 Å². The third-order valence-electron chi connectivity index (χ3n) is 6.64. The normalized spacial score (nSPS) is 21.1. The third kappa shape index (κ3) is 3.62. The van der Waals surface area contributed by atoms with Crippen LogP contribution in [0.25, 0.3) is 0 Å². The van der Waals surface area contributed by atoms with E-state index in [1.54, 1.807) is 7.11 Å². The first-order valence-corrected chi connectivity index (χ1v) is 11.2. The quantitative estimate of drug-likeness (QED) is 0.746. The number of fused-ring (bicyclic) bond motifs is 1. The van der Waals surface area contributed by atoms with Crippen LogP contribution < -0.4 is 30.1 Å². The van der Waals surface area contributed by atoms with E-state index in [0.717, 1.165) is 61.9 Å². The van der Waals surface area contributed by atoms with Crippen LogP contribution >= 0.6 is 0 Å². The van der Waals surface area contributed by atoms with Gasteiger partial charge in [0.1, 0.15) is 17.5 Å². The molecule has 0 spiro atoms. The fourth-order valence-electron chi connectivity index (χ4n) is 5.06. The van der Waals surface area contributed by atoms with Gasteiger partial charge in [-0.2, -0.15) is 0 Å². The highest BCUT2D eigenvalue weighted by atomic mass is 16.5. The highest BCUT2D eigenvalue weighted by Crippen LogP contribution is 2.37. The second kappa shape index (κ2) is 8.40. The molecule has 7 nitrogen and oxygen atoms in total. The fraction of sp³-hybridized carbons (Fsp3) is 0.458. The molecule has 2 fully saturated rings. The van der Waals surface area contributed by atoms with Crippen LogP contribution in [0.1, 0.15) is 30.4 Å². The van der Waals surface area contributed by atoms with E-state index in [-0.39, 0.29) is 11.9 Å². The van der Waals surface area contributed by atoms with Crippen LogP contribution in [-0.2, 0) is 11.2 Å². The number of hydrogen-bond acceptors (Lipinski definition) is 6. The molecule has 0 saturated carbocycles. The van der Waals surface area contributed by atoms with E-state index in [1.165, 1.54) is 11.1 Å². The summed E-state index contributed by atoms with van der Waals surface area (Å²) in [6.07, 6.45) is 1.77. The summed E-state index contributed by atoms with van der Waals surface area (Å²) in [5.41, 5.74) is 10.9. The smallest absolute Gasteiger partial charge is 0.249 e. The Morgan fingerprint density at radius 3 is 2.71 bits per heavy atom. The van der Waals surface area contributed by atoms with Gasteiger partial charge in [0.15, 0.2) is 0 Å². The lowest BCUT2D eigenvalue weighted by atomic mass is 9.98. The number of ether oxygens (including phenoxy) is 2. The van der Waals surface area contributed by atoms with Gasteiger partial charge in [-0.25, -0.2) is 0 Å². The van der Waals surface area contributed by atoms with Crippen LogP contribution in [0.3, 0.4) is 0 Å². The molecular weight excluding hydrogens is 392 g/mol. The van der Waals surface area contributed by atoms with Gasteiger partial charge in [0.2, 0.25) is 5.91 Å². The molecule has 2 aromatic carbocycles. The number of nitrogens with one attached hydrogen (secondary N) is 2. The molecule has 2 saturated heterocycles. The lowest BCUT2D eigenvalue weighted by molar-refractivity contribution is -0.118. The molecule has 3 heterocycles. The molecular formula is C24H30N4O3. The van der Waals surface area contributed by atoms with Crippen LogP contribution in [0.15, 0.2) is 36.4 Å². The van der Waals surface area contributed by atoms with Crippen molar-refractivity contribution in [3.05, 3.63) is 47.5 Å². The van der Waals surface area contributed by atoms with Crippen LogP contribution in [0.4, 0.5) is 11.4 Å². The Bertz CT molecular complexity index is 973. The van der Waals surface area contributed by atoms with E-state index >= 15 is 0 Å². The van der Waals surface area contributed by atoms with Crippen molar-refractivity contribution < 1.29 is 14.3 Å². The van der Waals surface area contributed by atoms with E-state index < -0.39 is 0 Å². The molecule has 0 aliphatic carbocycles. The topological polar surface area (TPSA) is 66.1 Å². The summed E-state index contributed by atoms with van der Waals surface area (Å²) in [6.45, 7) is 5.96. The molecule has 3 aliphatic rings. The molecule has 1 unspecified atom stereocenters. The van der Waals surface area contributed by atoms with Gasteiger partial charge in [0.25, 0.3) is 0 Å². The summed E-state index contributed by atoms with van der Waals surface area (Å²) in [4.78, 5) is 17.6. The van der Waals surface area contributed by atoms with Gasteiger partial charge < -0.3 is 19.3 Å². The number of nitrogens with zero attached hydrogens (tertiary/aromatic N) is 2. The first kappa shape index (κ1) is 20.2. The lowest BCUT2D eigenvalue weighted by Gasteiger charge is -2.26. The number of methoxy groups -OCH3 is 1. The minimum absolute atomic E-state index is 0.118. The summed E-state index contributed by atoms with van der Waals surface area (Å²) in [5, 5.41) is 0. The SMILES string of the molecule is CCOc1cc(N2CCC(N3CCc4cc(OC)ccc43)C2=O)ccc1C1CNNC1. The molecule has 1 atom stereocenters. The number of benzene rings is 2. The standard InChI is InChI=1S/C24H30N4O3/c1-3-31-23-13-18(4-6-20(23)17-14-25-26-15-17)27-11-9-22(24(27)29)28-10-8-16-12-19(30-2)5-7-21(16)28/h4-7,12-13,17,22,25-26H,3,8-11,14-15H2,1-2H3. The Morgan fingerprint density at radius 1 is 1.10 bits per heavy atom. The minimum Gasteiger partial charge on any atom is -0.497 e. The molecule has 2 aromatic rings. The highest BCUT2D eigenvalue weighted by Gasteiger charge is 2.39. The van der Waals surface area contributed by atoms with E-state index in [0.29, 0.717) is 12.5 Å². The van der Waals surface area contributed by atoms with E-state index in [1.807, 2.05) is 24.0 Å². The number of rotatable bonds is 6. The van der Waals surface area contributed by atoms with Crippen molar-refractivity contribution in [1.82, 2.24) is 10.9 Å². The zero-order chi connectivity index (χ0) is 21.4. The van der Waals surface area contributed by atoms with Crippen molar-refractivity contribution in [2.24, 2.45) is 0 Å². The van der Waals surface area contributed by atoms with Crippen LogP contribution in [0, 0.1) is 0 Å². The largest absolute Gasteiger partial charge is 0.497 e. The maximum Gasteiger partial charge on any atom is 0.249 e. The molecule has 2 N–H and O–H groups in total. The second-order valence-electron chi connectivity index (χ2n) is 8.35. The molecule has 5 rings (SSSR count). The molecule has 7 heteroatoms. The average Bonchev–Trinajstić information content (AvgIpc) is 3.53. The minimum atomic E-state index is -0.118. The molecule has 1 amide bonds. The van der Waals surface area contributed by atoms with Crippen molar-refractivity contribution in [1.29, 1.82) is 0 Å². The first-order chi connectivity index (χ1) is 15.2. The Kier molecular flexibility index (Phi) is 5.46. The van der Waals surface area contributed by atoms with Gasteiger partial charge >= 0.3 is 0 Å². The van der Waals surface area contributed by atoms with Gasteiger partial charge in [-0.1, -0.05) is 6.07 Å². The zero-order valence-electron chi connectivity index (χ0n) is 18.2. The molecule has 0 radical (unpaired) electrons. The average molecular weight is 423 g/mol. The van der Waals surface area contributed by atoms with Gasteiger partial charge in [-0.05, 0) is 49.6 Å². The summed E-state index contributed by atoms with van der Waals surface area (Å²) in [7, 11) is 1.69. The zero-order valence-corrected chi connectivity index (χ0v) is 18.2. The molecule has 164 valence electrons. The summed E-state index contributed by atoms with van der Waals surface area (Å²) in [5.74, 6) is 2.29. The second-order valence-corrected chi connectivity index (χ2v) is 8.35. The number of anilines is 2. The van der Waals surface area contributed by atoms with Gasteiger partial charge in [-0.15, -0.1) is 0 Å². The van der Waals surface area contributed by atoms with Crippen LogP contribution in [0.2, 0.25) is 0 Å². The lowest BCUT2D eigenvalue weighted by Crippen LogP contribution is -2.41. The Balaban J connectivity index is 1.37. The molecule has 0 aromatic heterocycles. The number of hydrogen-bond donors (Lipinski definition) is 2. The first-order valence-electron chi connectivity index (χ1n) is 11.2. The number of carbonyl (C=O) groups is 1. The van der Waals surface area contributed by atoms with Crippen molar-refractivity contribution >= 4 is 17.3 Å². The fourth-order valence-corrected chi connectivity index (χ4v) is 5.06. The Morgan fingerprint density at radius 2 is 1.94 bits per heavy atom. The number of carbonyl (C=O) groups excluding carboxylic acids is 1. The van der Waals surface area contributed by atoms with Crippen molar-refractivity contribution in [3.63, 3.8) is 0 Å². The highest BCUT2D eigenvalue weighted by molar-refractivity contribution is 6.01. The number of amides is 1. The van der Waals surface area contributed by atoms with E-state index in [9.17, 15) is 4.79 Å². The van der Waals surface area contributed by atoms with Gasteiger partial charge in [0.05, 0.1) is 13.7 Å². The maximum atomic E-state index is 13.4. The van der Waals surface area contributed by atoms with Crippen LogP contribution in [0.5, 0.6) is 11.5 Å². The predicted molar refractivity (Wildman–Crippen MR) is 121 cm³/mol. The molecule has 0 bridgehead atoms. The summed E-state index contributed by atoms with van der Waals surface area (Å²) >= 11 is 0. The predicted octanol–water partition coefficient (Wildman–Crippen LogP) is 2.45. The van der Waals surface area contributed by atoms with E-state index in [4.69, 9.17) is 9.47 Å². The summed E-state index contributed by atoms with van der Waals surface area (Å²) in [6, 6.07) is 12.3. The van der Waals surface area contributed by atoms with E-state index in [2.05, 4.69) is 40.0 Å². The Labute approximate surface area is 183 Å².